The summed E-state index contributed by atoms with van der Waals surface area (Å²) in [5.41, 5.74) is 2.20. The molecule has 3 N–H and O–H groups in total. The van der Waals surface area contributed by atoms with Crippen molar-refractivity contribution >= 4 is 28.4 Å². The molecule has 1 saturated heterocycles. The van der Waals surface area contributed by atoms with Gasteiger partial charge in [0.05, 0.1) is 12.2 Å². The molecule has 0 bridgehead atoms. The van der Waals surface area contributed by atoms with Gasteiger partial charge in [-0.15, -0.1) is 0 Å². The second-order valence-electron chi connectivity index (χ2n) is 9.69. The van der Waals surface area contributed by atoms with Gasteiger partial charge in [-0.1, -0.05) is 12.1 Å². The molecule has 184 valence electrons. The molecule has 0 radical (unpaired) electrons. The van der Waals surface area contributed by atoms with Crippen LogP contribution in [0.15, 0.2) is 48.7 Å². The lowest BCUT2D eigenvalue weighted by molar-refractivity contribution is 0.0672. The average Bonchev–Trinajstić information content (AvgIpc) is 2.87. The average molecular weight is 476 g/mol. The monoisotopic (exact) mass is 475 g/mol. The predicted octanol–water partition coefficient (Wildman–Crippen LogP) is 3.88. The molecule has 5 rings (SSSR count). The number of hydrogen-bond donors (Lipinski definition) is 3. The highest BCUT2D eigenvalue weighted by Crippen LogP contribution is 2.29. The lowest BCUT2D eigenvalue weighted by atomic mass is 9.95. The lowest BCUT2D eigenvalue weighted by Crippen LogP contribution is -2.43. The number of anilines is 2. The molecular weight excluding hydrogens is 442 g/mol. The summed E-state index contributed by atoms with van der Waals surface area (Å²) in [5, 5.41) is 17.1. The fourth-order valence-electron chi connectivity index (χ4n) is 4.78. The second-order valence-corrected chi connectivity index (χ2v) is 9.69. The molecule has 1 aliphatic carbocycles. The number of carbonyl (C=O) groups excluding carboxylic acids is 1. The molecule has 35 heavy (non-hydrogen) atoms. The highest BCUT2D eigenvalue weighted by atomic mass is 16.5. The number of carbonyl (C=O) groups is 1. The van der Waals surface area contributed by atoms with Crippen LogP contribution >= 0.6 is 0 Å². The first-order valence-corrected chi connectivity index (χ1v) is 12.5. The van der Waals surface area contributed by atoms with E-state index < -0.39 is 0 Å². The Morgan fingerprint density at radius 3 is 2.51 bits per heavy atom. The van der Waals surface area contributed by atoms with E-state index in [0.29, 0.717) is 11.5 Å². The Balaban J connectivity index is 1.24. The molecule has 2 aromatic carbocycles. The van der Waals surface area contributed by atoms with Crippen LogP contribution < -0.4 is 15.4 Å². The first-order chi connectivity index (χ1) is 17.0. The summed E-state index contributed by atoms with van der Waals surface area (Å²) < 4.78 is 6.26. The van der Waals surface area contributed by atoms with Crippen LogP contribution in [0.3, 0.4) is 0 Å². The number of aromatic nitrogens is 2. The molecule has 0 spiro atoms. The van der Waals surface area contributed by atoms with Crippen LogP contribution in [-0.4, -0.2) is 64.3 Å². The van der Waals surface area contributed by atoms with Crippen molar-refractivity contribution in [3.8, 4) is 5.75 Å². The van der Waals surface area contributed by atoms with E-state index in [-0.39, 0.29) is 24.2 Å². The molecule has 0 atom stereocenters. The summed E-state index contributed by atoms with van der Waals surface area (Å²) >= 11 is 0. The van der Waals surface area contributed by atoms with Crippen LogP contribution in [0.5, 0.6) is 5.75 Å². The van der Waals surface area contributed by atoms with Gasteiger partial charge in [-0.3, -0.25) is 4.79 Å². The van der Waals surface area contributed by atoms with Crippen molar-refractivity contribution in [3.63, 3.8) is 0 Å². The fourth-order valence-corrected chi connectivity index (χ4v) is 4.78. The van der Waals surface area contributed by atoms with Gasteiger partial charge in [0.25, 0.3) is 5.91 Å². The third-order valence-corrected chi connectivity index (χ3v) is 6.97. The van der Waals surface area contributed by atoms with Crippen molar-refractivity contribution in [2.75, 3.05) is 25.5 Å². The number of para-hydroxylation sites is 1. The van der Waals surface area contributed by atoms with E-state index in [1.54, 1.807) is 6.20 Å². The number of nitrogens with zero attached hydrogens (tertiary/aromatic N) is 3. The fraction of sp³-hybridized carbons (Fsp3) is 0.444. The van der Waals surface area contributed by atoms with Crippen molar-refractivity contribution in [1.82, 2.24) is 20.2 Å². The third kappa shape index (κ3) is 5.89. The van der Waals surface area contributed by atoms with Crippen molar-refractivity contribution < 1.29 is 14.6 Å². The SMILES string of the molecule is CN1CCC(NC(=O)c2ccc(Nc3ncc4cccc(OC5CCC(O)CC5)c4n3)cc2)CC1. The van der Waals surface area contributed by atoms with Gasteiger partial charge in [0.15, 0.2) is 0 Å². The van der Waals surface area contributed by atoms with Gasteiger partial charge in [-0.2, -0.15) is 0 Å². The van der Waals surface area contributed by atoms with Crippen LogP contribution in [0, 0.1) is 0 Å². The molecule has 2 heterocycles. The van der Waals surface area contributed by atoms with E-state index in [4.69, 9.17) is 9.72 Å². The number of amides is 1. The Morgan fingerprint density at radius 1 is 1.03 bits per heavy atom. The minimum Gasteiger partial charge on any atom is -0.488 e. The molecule has 8 nitrogen and oxygen atoms in total. The standard InChI is InChI=1S/C27H33N5O3/c1-32-15-13-21(14-16-32)29-26(34)18-5-7-20(8-6-18)30-27-28-17-19-3-2-4-24(25(19)31-27)35-23-11-9-22(33)10-12-23/h2-8,17,21-23,33H,9-16H2,1H3,(H,29,34)(H,28,30,31). The maximum Gasteiger partial charge on any atom is 0.251 e. The summed E-state index contributed by atoms with van der Waals surface area (Å²) in [6.45, 7) is 2.02. The summed E-state index contributed by atoms with van der Waals surface area (Å²) in [6, 6.07) is 13.5. The molecule has 8 heteroatoms. The van der Waals surface area contributed by atoms with Gasteiger partial charge in [0.1, 0.15) is 11.3 Å². The first-order valence-electron chi connectivity index (χ1n) is 12.5. The predicted molar refractivity (Wildman–Crippen MR) is 136 cm³/mol. The van der Waals surface area contributed by atoms with Gasteiger partial charge < -0.3 is 25.4 Å². The Hall–Kier alpha value is -3.23. The van der Waals surface area contributed by atoms with Gasteiger partial charge >= 0.3 is 0 Å². The van der Waals surface area contributed by atoms with E-state index in [1.165, 1.54) is 0 Å². The lowest BCUT2D eigenvalue weighted by Gasteiger charge is -2.29. The van der Waals surface area contributed by atoms with Gasteiger partial charge in [0, 0.05) is 28.9 Å². The Kier molecular flexibility index (Phi) is 7.11. The highest BCUT2D eigenvalue weighted by molar-refractivity contribution is 5.94. The number of ether oxygens (including phenoxy) is 1. The van der Waals surface area contributed by atoms with Crippen LogP contribution in [0.1, 0.15) is 48.9 Å². The normalized spacial score (nSPS) is 21.5. The van der Waals surface area contributed by atoms with E-state index in [0.717, 1.165) is 74.0 Å². The summed E-state index contributed by atoms with van der Waals surface area (Å²) in [4.78, 5) is 24.1. The summed E-state index contributed by atoms with van der Waals surface area (Å²) in [7, 11) is 2.11. The smallest absolute Gasteiger partial charge is 0.251 e. The molecule has 1 aromatic heterocycles. The summed E-state index contributed by atoms with van der Waals surface area (Å²) in [6.07, 6.45) is 6.83. The van der Waals surface area contributed by atoms with Crippen molar-refractivity contribution in [2.24, 2.45) is 0 Å². The molecule has 1 amide bonds. The number of fused-ring (bicyclic) bond motifs is 1. The molecule has 3 aromatic rings. The maximum atomic E-state index is 12.6. The largest absolute Gasteiger partial charge is 0.488 e. The Labute approximate surface area is 205 Å². The number of rotatable bonds is 6. The Morgan fingerprint density at radius 2 is 1.77 bits per heavy atom. The van der Waals surface area contributed by atoms with Crippen LogP contribution in [0.2, 0.25) is 0 Å². The highest BCUT2D eigenvalue weighted by Gasteiger charge is 2.22. The molecular formula is C27H33N5O3. The zero-order valence-electron chi connectivity index (χ0n) is 20.1. The van der Waals surface area contributed by atoms with Gasteiger partial charge in [0.2, 0.25) is 5.95 Å². The number of aliphatic hydroxyl groups is 1. The van der Waals surface area contributed by atoms with Crippen LogP contribution in [-0.2, 0) is 0 Å². The molecule has 2 aliphatic rings. The Bertz CT molecular complexity index is 1150. The second kappa shape index (κ2) is 10.6. The molecule has 1 aliphatic heterocycles. The van der Waals surface area contributed by atoms with E-state index >= 15 is 0 Å². The van der Waals surface area contributed by atoms with Crippen molar-refractivity contribution in [1.29, 1.82) is 0 Å². The van der Waals surface area contributed by atoms with Crippen LogP contribution in [0.25, 0.3) is 10.9 Å². The number of likely N-dealkylation sites (tertiary alicyclic amines) is 1. The van der Waals surface area contributed by atoms with Crippen LogP contribution in [0.4, 0.5) is 11.6 Å². The summed E-state index contributed by atoms with van der Waals surface area (Å²) in [5.74, 6) is 1.16. The van der Waals surface area contributed by atoms with Gasteiger partial charge in [-0.25, -0.2) is 9.97 Å². The number of hydrogen-bond acceptors (Lipinski definition) is 7. The first kappa shape index (κ1) is 23.5. The van der Waals surface area contributed by atoms with E-state index in [9.17, 15) is 9.90 Å². The number of nitrogens with one attached hydrogen (secondary N) is 2. The minimum absolute atomic E-state index is 0.0370. The zero-order chi connectivity index (χ0) is 24.2. The van der Waals surface area contributed by atoms with E-state index in [1.807, 2.05) is 42.5 Å². The third-order valence-electron chi connectivity index (χ3n) is 6.97. The number of benzene rings is 2. The van der Waals surface area contributed by atoms with E-state index in [2.05, 4.69) is 27.6 Å². The topological polar surface area (TPSA) is 99.6 Å². The number of aliphatic hydroxyl groups excluding tert-OH is 1. The molecule has 1 saturated carbocycles. The van der Waals surface area contributed by atoms with Crippen molar-refractivity contribution in [2.45, 2.75) is 56.8 Å². The maximum absolute atomic E-state index is 12.6. The zero-order valence-corrected chi connectivity index (χ0v) is 20.1. The quantitative estimate of drug-likeness (QED) is 0.498. The minimum atomic E-state index is -0.216. The molecule has 0 unspecified atom stereocenters. The van der Waals surface area contributed by atoms with Crippen molar-refractivity contribution in [3.05, 3.63) is 54.2 Å². The van der Waals surface area contributed by atoms with Gasteiger partial charge in [-0.05, 0) is 89.0 Å². The molecule has 2 fully saturated rings. The number of piperidine rings is 1.